The zero-order valence-electron chi connectivity index (χ0n) is 14.1. The zero-order chi connectivity index (χ0) is 16.7. The van der Waals surface area contributed by atoms with Crippen LogP contribution >= 0.6 is 11.8 Å². The number of hydrogen-bond acceptors (Lipinski definition) is 6. The number of nitrogens with zero attached hydrogens (tertiary/aromatic N) is 4. The number of carbonyl (C=O) groups excluding carboxylic acids is 1. The number of rotatable bonds is 6. The number of amides is 1. The SMILES string of the molecule is CSCCC(=O)N1CCC[C@H](N(C)Cc2nccc(N)n2)CC1. The van der Waals surface area contributed by atoms with E-state index in [1.54, 1.807) is 24.0 Å². The van der Waals surface area contributed by atoms with E-state index >= 15 is 0 Å². The number of nitrogen functional groups attached to an aromatic ring is 1. The van der Waals surface area contributed by atoms with Crippen LogP contribution in [0, 0.1) is 0 Å². The van der Waals surface area contributed by atoms with Crippen LogP contribution in [0.1, 0.15) is 31.5 Å². The maximum Gasteiger partial charge on any atom is 0.223 e. The van der Waals surface area contributed by atoms with Crippen molar-refractivity contribution in [3.63, 3.8) is 0 Å². The molecule has 2 rings (SSSR count). The van der Waals surface area contributed by atoms with Crippen molar-refractivity contribution < 1.29 is 4.79 Å². The van der Waals surface area contributed by atoms with Crippen LogP contribution in [0.2, 0.25) is 0 Å². The molecule has 7 heteroatoms. The molecule has 1 aromatic rings. The Hall–Kier alpha value is -1.34. The van der Waals surface area contributed by atoms with Gasteiger partial charge in [-0.25, -0.2) is 9.97 Å². The van der Waals surface area contributed by atoms with E-state index in [0.717, 1.165) is 43.9 Å². The first-order valence-electron chi connectivity index (χ1n) is 8.14. The number of aromatic nitrogens is 2. The lowest BCUT2D eigenvalue weighted by Crippen LogP contribution is -2.35. The van der Waals surface area contributed by atoms with Gasteiger partial charge in [0.25, 0.3) is 0 Å². The molecule has 1 amide bonds. The first-order chi connectivity index (χ1) is 11.1. The van der Waals surface area contributed by atoms with E-state index in [1.165, 1.54) is 0 Å². The average Bonchev–Trinajstić information content (AvgIpc) is 2.78. The van der Waals surface area contributed by atoms with Crippen LogP contribution in [0.3, 0.4) is 0 Å². The average molecular weight is 337 g/mol. The molecule has 2 N–H and O–H groups in total. The number of hydrogen-bond donors (Lipinski definition) is 1. The molecule has 0 radical (unpaired) electrons. The fraction of sp³-hybridized carbons (Fsp3) is 0.688. The van der Waals surface area contributed by atoms with Crippen molar-refractivity contribution >= 4 is 23.5 Å². The Morgan fingerprint density at radius 3 is 3.04 bits per heavy atom. The standard InChI is InChI=1S/C16H27N5OS/c1-20(12-15-18-8-5-14(17)19-15)13-4-3-9-21(10-6-13)16(22)7-11-23-2/h5,8,13H,3-4,6-7,9-12H2,1-2H3,(H2,17,18,19)/t13-/m0/s1. The molecule has 1 aliphatic heterocycles. The molecular formula is C16H27N5OS. The molecule has 1 saturated heterocycles. The Kier molecular flexibility index (Phi) is 7.11. The summed E-state index contributed by atoms with van der Waals surface area (Å²) >= 11 is 1.73. The summed E-state index contributed by atoms with van der Waals surface area (Å²) in [5.74, 6) is 2.46. The molecule has 0 saturated carbocycles. The van der Waals surface area contributed by atoms with Crippen LogP contribution in [0.15, 0.2) is 12.3 Å². The summed E-state index contributed by atoms with van der Waals surface area (Å²) in [5, 5.41) is 0. The Morgan fingerprint density at radius 2 is 2.30 bits per heavy atom. The largest absolute Gasteiger partial charge is 0.384 e. The maximum atomic E-state index is 12.2. The van der Waals surface area contributed by atoms with Gasteiger partial charge in [-0.15, -0.1) is 0 Å². The van der Waals surface area contributed by atoms with Crippen molar-refractivity contribution in [3.8, 4) is 0 Å². The van der Waals surface area contributed by atoms with Crippen LogP contribution in [-0.4, -0.2) is 63.9 Å². The summed E-state index contributed by atoms with van der Waals surface area (Å²) in [4.78, 5) is 25.0. The van der Waals surface area contributed by atoms with Gasteiger partial charge in [-0.3, -0.25) is 9.69 Å². The summed E-state index contributed by atoms with van der Waals surface area (Å²) in [6.45, 7) is 2.42. The van der Waals surface area contributed by atoms with Crippen LogP contribution in [-0.2, 0) is 11.3 Å². The molecule has 128 valence electrons. The van der Waals surface area contributed by atoms with Gasteiger partial charge in [-0.1, -0.05) is 0 Å². The topological polar surface area (TPSA) is 75.4 Å². The molecule has 0 aromatic carbocycles. The number of nitrogens with two attached hydrogens (primary N) is 1. The predicted molar refractivity (Wildman–Crippen MR) is 95.1 cm³/mol. The molecule has 23 heavy (non-hydrogen) atoms. The molecular weight excluding hydrogens is 310 g/mol. The van der Waals surface area contributed by atoms with Crippen molar-refractivity contribution in [1.29, 1.82) is 0 Å². The van der Waals surface area contributed by atoms with E-state index in [2.05, 4.69) is 21.9 Å². The highest BCUT2D eigenvalue weighted by molar-refractivity contribution is 7.98. The monoisotopic (exact) mass is 337 g/mol. The minimum Gasteiger partial charge on any atom is -0.384 e. The van der Waals surface area contributed by atoms with Crippen LogP contribution < -0.4 is 5.73 Å². The van der Waals surface area contributed by atoms with Crippen LogP contribution in [0.5, 0.6) is 0 Å². The first kappa shape index (κ1) is 18.0. The fourth-order valence-corrected chi connectivity index (χ4v) is 3.34. The Bertz CT molecular complexity index is 513. The molecule has 2 heterocycles. The van der Waals surface area contributed by atoms with Crippen molar-refractivity contribution in [3.05, 3.63) is 18.1 Å². The van der Waals surface area contributed by atoms with Gasteiger partial charge < -0.3 is 10.6 Å². The maximum absolute atomic E-state index is 12.2. The van der Waals surface area contributed by atoms with Gasteiger partial charge in [0, 0.05) is 37.5 Å². The normalized spacial score (nSPS) is 18.9. The third-order valence-electron chi connectivity index (χ3n) is 4.31. The van der Waals surface area contributed by atoms with E-state index in [-0.39, 0.29) is 0 Å². The minimum atomic E-state index is 0.293. The quantitative estimate of drug-likeness (QED) is 0.850. The summed E-state index contributed by atoms with van der Waals surface area (Å²) in [5.41, 5.74) is 5.71. The summed E-state index contributed by atoms with van der Waals surface area (Å²) in [6.07, 6.45) is 7.55. The van der Waals surface area contributed by atoms with Gasteiger partial charge in [-0.2, -0.15) is 11.8 Å². The molecule has 0 aliphatic carbocycles. The first-order valence-corrected chi connectivity index (χ1v) is 9.54. The third-order valence-corrected chi connectivity index (χ3v) is 4.92. The Balaban J connectivity index is 1.85. The van der Waals surface area contributed by atoms with E-state index in [1.807, 2.05) is 11.2 Å². The van der Waals surface area contributed by atoms with Gasteiger partial charge in [0.05, 0.1) is 6.54 Å². The molecule has 1 atom stereocenters. The van der Waals surface area contributed by atoms with E-state index < -0.39 is 0 Å². The highest BCUT2D eigenvalue weighted by Gasteiger charge is 2.23. The predicted octanol–water partition coefficient (Wildman–Crippen LogP) is 1.62. The summed E-state index contributed by atoms with van der Waals surface area (Å²) in [7, 11) is 2.10. The number of anilines is 1. The van der Waals surface area contributed by atoms with Gasteiger partial charge in [0.1, 0.15) is 11.6 Å². The van der Waals surface area contributed by atoms with Gasteiger partial charge in [0.15, 0.2) is 0 Å². The van der Waals surface area contributed by atoms with E-state index in [9.17, 15) is 4.79 Å². The highest BCUT2D eigenvalue weighted by Crippen LogP contribution is 2.18. The van der Waals surface area contributed by atoms with Crippen molar-refractivity contribution in [2.75, 3.05) is 37.9 Å². The van der Waals surface area contributed by atoms with Gasteiger partial charge >= 0.3 is 0 Å². The number of thioether (sulfide) groups is 1. The minimum absolute atomic E-state index is 0.293. The molecule has 0 unspecified atom stereocenters. The van der Waals surface area contributed by atoms with Crippen molar-refractivity contribution in [2.24, 2.45) is 0 Å². The molecule has 1 fully saturated rings. The second-order valence-corrected chi connectivity index (χ2v) is 7.01. The van der Waals surface area contributed by atoms with Crippen molar-refractivity contribution in [1.82, 2.24) is 19.8 Å². The van der Waals surface area contributed by atoms with E-state index in [4.69, 9.17) is 5.73 Å². The van der Waals surface area contributed by atoms with Crippen LogP contribution in [0.4, 0.5) is 5.82 Å². The summed E-state index contributed by atoms with van der Waals surface area (Å²) < 4.78 is 0. The zero-order valence-corrected chi connectivity index (χ0v) is 14.9. The number of likely N-dealkylation sites (tertiary alicyclic amines) is 1. The number of carbonyl (C=O) groups is 1. The molecule has 1 aromatic heterocycles. The Morgan fingerprint density at radius 1 is 1.48 bits per heavy atom. The lowest BCUT2D eigenvalue weighted by Gasteiger charge is -2.26. The summed E-state index contributed by atoms with van der Waals surface area (Å²) in [6, 6.07) is 2.16. The lowest BCUT2D eigenvalue weighted by atomic mass is 10.1. The second kappa shape index (κ2) is 9.08. The smallest absolute Gasteiger partial charge is 0.223 e. The fourth-order valence-electron chi connectivity index (χ4n) is 2.96. The second-order valence-electron chi connectivity index (χ2n) is 6.02. The lowest BCUT2D eigenvalue weighted by molar-refractivity contribution is -0.130. The molecule has 0 spiro atoms. The molecule has 6 nitrogen and oxygen atoms in total. The van der Waals surface area contributed by atoms with Gasteiger partial charge in [0.2, 0.25) is 5.91 Å². The van der Waals surface area contributed by atoms with Crippen molar-refractivity contribution in [2.45, 2.75) is 38.3 Å². The molecule has 0 bridgehead atoms. The van der Waals surface area contributed by atoms with E-state index in [0.29, 0.717) is 30.7 Å². The third kappa shape index (κ3) is 5.66. The molecule has 1 aliphatic rings. The highest BCUT2D eigenvalue weighted by atomic mass is 32.2. The Labute approximate surface area is 142 Å². The van der Waals surface area contributed by atoms with Gasteiger partial charge in [-0.05, 0) is 38.6 Å². The van der Waals surface area contributed by atoms with Crippen LogP contribution in [0.25, 0.3) is 0 Å².